The van der Waals surface area contributed by atoms with Crippen molar-refractivity contribution in [2.24, 2.45) is 5.73 Å². The van der Waals surface area contributed by atoms with E-state index >= 15 is 0 Å². The van der Waals surface area contributed by atoms with Crippen LogP contribution in [0.25, 0.3) is 0 Å². The first-order valence-electron chi connectivity index (χ1n) is 4.68. The van der Waals surface area contributed by atoms with Crippen molar-refractivity contribution in [1.29, 1.82) is 0 Å². The molecule has 1 aromatic rings. The lowest BCUT2D eigenvalue weighted by Gasteiger charge is -2.16. The Hall–Kier alpha value is -1.59. The number of nitrogens with zero attached hydrogens (tertiary/aromatic N) is 3. The fourth-order valence-electron chi connectivity index (χ4n) is 1.17. The van der Waals surface area contributed by atoms with E-state index in [1.54, 1.807) is 0 Å². The van der Waals surface area contributed by atoms with Crippen molar-refractivity contribution in [3.63, 3.8) is 0 Å². The number of rotatable bonds is 5. The minimum absolute atomic E-state index is 0.411. The maximum absolute atomic E-state index is 11.1. The largest absolute Gasteiger partial charge is 0.351 e. The van der Waals surface area contributed by atoms with Crippen LogP contribution in [0.5, 0.6) is 0 Å². The summed E-state index contributed by atoms with van der Waals surface area (Å²) in [5, 5.41) is 6.28. The molecule has 1 heterocycles. The summed E-state index contributed by atoms with van der Waals surface area (Å²) in [5.74, 6) is 0.411. The van der Waals surface area contributed by atoms with Crippen LogP contribution in [0.15, 0.2) is 6.33 Å². The number of hydrogen-bond acceptors (Lipinski definition) is 3. The second kappa shape index (κ2) is 5.21. The number of amides is 2. The molecular weight excluding hydrogens is 182 g/mol. The van der Waals surface area contributed by atoms with Crippen LogP contribution in [0.3, 0.4) is 0 Å². The predicted octanol–water partition coefficient (Wildman–Crippen LogP) is 0.880. The second-order valence-electron chi connectivity index (χ2n) is 3.01. The molecule has 0 unspecified atom stereocenters. The molecule has 0 aliphatic carbocycles. The van der Waals surface area contributed by atoms with Crippen molar-refractivity contribution in [2.75, 3.05) is 11.4 Å². The molecule has 3 N–H and O–H groups in total. The number of aromatic nitrogens is 3. The van der Waals surface area contributed by atoms with Gasteiger partial charge in [-0.3, -0.25) is 4.90 Å². The third-order valence-electron chi connectivity index (χ3n) is 1.91. The minimum Gasteiger partial charge on any atom is -0.351 e. The summed E-state index contributed by atoms with van der Waals surface area (Å²) >= 11 is 0. The van der Waals surface area contributed by atoms with E-state index in [0.717, 1.165) is 19.3 Å². The number of nitrogens with two attached hydrogens (primary N) is 1. The van der Waals surface area contributed by atoms with Crippen LogP contribution in [0.1, 0.15) is 26.2 Å². The number of hydrogen-bond donors (Lipinski definition) is 2. The van der Waals surface area contributed by atoms with Crippen LogP contribution in [0.4, 0.5) is 10.7 Å². The molecular formula is C8H15N5O. The van der Waals surface area contributed by atoms with E-state index in [0.29, 0.717) is 12.5 Å². The van der Waals surface area contributed by atoms with Gasteiger partial charge in [-0.05, 0) is 6.42 Å². The lowest BCUT2D eigenvalue weighted by atomic mass is 10.2. The third-order valence-corrected chi connectivity index (χ3v) is 1.91. The van der Waals surface area contributed by atoms with Crippen molar-refractivity contribution in [3.8, 4) is 0 Å². The van der Waals surface area contributed by atoms with Crippen molar-refractivity contribution in [3.05, 3.63) is 6.33 Å². The number of aromatic amines is 1. The summed E-state index contributed by atoms with van der Waals surface area (Å²) in [4.78, 5) is 16.3. The van der Waals surface area contributed by atoms with Crippen LogP contribution in [-0.4, -0.2) is 27.8 Å². The van der Waals surface area contributed by atoms with Crippen LogP contribution < -0.4 is 10.6 Å². The number of unbranched alkanes of at least 4 members (excludes halogenated alkanes) is 2. The smallest absolute Gasteiger partial charge is 0.321 e. The number of carbonyl (C=O) groups is 1. The highest BCUT2D eigenvalue weighted by molar-refractivity contribution is 5.88. The van der Waals surface area contributed by atoms with E-state index in [1.807, 2.05) is 0 Å². The van der Waals surface area contributed by atoms with Crippen LogP contribution in [0.2, 0.25) is 0 Å². The third kappa shape index (κ3) is 2.72. The molecule has 14 heavy (non-hydrogen) atoms. The van der Waals surface area contributed by atoms with Crippen molar-refractivity contribution >= 4 is 12.0 Å². The normalized spacial score (nSPS) is 10.1. The van der Waals surface area contributed by atoms with E-state index in [1.165, 1.54) is 11.2 Å². The van der Waals surface area contributed by atoms with Gasteiger partial charge in [-0.15, -0.1) is 0 Å². The number of nitrogens with one attached hydrogen (secondary N) is 1. The molecule has 0 atom stereocenters. The van der Waals surface area contributed by atoms with Crippen molar-refractivity contribution in [2.45, 2.75) is 26.2 Å². The zero-order valence-electron chi connectivity index (χ0n) is 8.23. The monoisotopic (exact) mass is 197 g/mol. The van der Waals surface area contributed by atoms with E-state index in [2.05, 4.69) is 22.1 Å². The number of anilines is 1. The van der Waals surface area contributed by atoms with Crippen LogP contribution in [0, 0.1) is 0 Å². The van der Waals surface area contributed by atoms with Gasteiger partial charge in [-0.1, -0.05) is 19.8 Å². The summed E-state index contributed by atoms with van der Waals surface area (Å²) in [7, 11) is 0. The first-order chi connectivity index (χ1) is 6.75. The molecule has 0 bridgehead atoms. The molecule has 0 fully saturated rings. The highest BCUT2D eigenvalue weighted by atomic mass is 16.2. The highest BCUT2D eigenvalue weighted by Gasteiger charge is 2.13. The van der Waals surface area contributed by atoms with Gasteiger partial charge in [0.05, 0.1) is 0 Å². The molecule has 6 heteroatoms. The minimum atomic E-state index is -0.502. The molecule has 0 spiro atoms. The van der Waals surface area contributed by atoms with Gasteiger partial charge in [0, 0.05) is 6.54 Å². The van der Waals surface area contributed by atoms with Crippen LogP contribution >= 0.6 is 0 Å². The molecule has 78 valence electrons. The van der Waals surface area contributed by atoms with Gasteiger partial charge in [0.2, 0.25) is 5.95 Å². The first kappa shape index (κ1) is 10.5. The Morgan fingerprint density at radius 2 is 2.43 bits per heavy atom. The topological polar surface area (TPSA) is 87.9 Å². The van der Waals surface area contributed by atoms with E-state index in [4.69, 9.17) is 5.73 Å². The lowest BCUT2D eigenvalue weighted by molar-refractivity contribution is 0.253. The van der Waals surface area contributed by atoms with Gasteiger partial charge >= 0.3 is 6.03 Å². The molecule has 0 radical (unpaired) electrons. The Morgan fingerprint density at radius 3 is 2.93 bits per heavy atom. The van der Waals surface area contributed by atoms with Gasteiger partial charge in [-0.2, -0.15) is 10.1 Å². The number of H-pyrrole nitrogens is 1. The maximum Gasteiger partial charge on any atom is 0.321 e. The van der Waals surface area contributed by atoms with E-state index in [-0.39, 0.29) is 0 Å². The average Bonchev–Trinajstić information content (AvgIpc) is 2.64. The summed E-state index contributed by atoms with van der Waals surface area (Å²) in [6.07, 6.45) is 4.44. The molecule has 0 saturated carbocycles. The molecule has 1 aromatic heterocycles. The summed E-state index contributed by atoms with van der Waals surface area (Å²) in [6.45, 7) is 2.68. The molecule has 0 aliphatic rings. The number of carbonyl (C=O) groups excluding carboxylic acids is 1. The number of primary amides is 1. The standard InChI is InChI=1S/C8H15N5O/c1-2-3-4-5-13(7(9)14)8-10-6-11-12-8/h6H,2-5H2,1H3,(H2,9,14)(H,10,11,12). The van der Waals surface area contributed by atoms with Gasteiger partial charge in [-0.25, -0.2) is 9.89 Å². The summed E-state index contributed by atoms with van der Waals surface area (Å²) < 4.78 is 0. The Balaban J connectivity index is 2.52. The quantitative estimate of drug-likeness (QED) is 0.687. The lowest BCUT2D eigenvalue weighted by Crippen LogP contribution is -2.37. The van der Waals surface area contributed by atoms with Crippen molar-refractivity contribution < 1.29 is 4.79 Å². The maximum atomic E-state index is 11.1. The molecule has 0 aromatic carbocycles. The SMILES string of the molecule is CCCCCN(C(N)=O)c1ncn[nH]1. The average molecular weight is 197 g/mol. The Morgan fingerprint density at radius 1 is 1.64 bits per heavy atom. The zero-order chi connectivity index (χ0) is 10.4. The molecule has 0 saturated heterocycles. The van der Waals surface area contributed by atoms with Gasteiger partial charge in [0.1, 0.15) is 6.33 Å². The second-order valence-corrected chi connectivity index (χ2v) is 3.01. The van der Waals surface area contributed by atoms with Gasteiger partial charge < -0.3 is 5.73 Å². The van der Waals surface area contributed by atoms with Crippen LogP contribution in [-0.2, 0) is 0 Å². The Labute approximate surface area is 82.5 Å². The Kier molecular flexibility index (Phi) is 3.90. The first-order valence-corrected chi connectivity index (χ1v) is 4.68. The number of urea groups is 1. The van der Waals surface area contributed by atoms with E-state index < -0.39 is 6.03 Å². The fourth-order valence-corrected chi connectivity index (χ4v) is 1.17. The molecule has 0 aliphatic heterocycles. The summed E-state index contributed by atoms with van der Waals surface area (Å²) in [5.41, 5.74) is 5.21. The van der Waals surface area contributed by atoms with Crippen molar-refractivity contribution in [1.82, 2.24) is 15.2 Å². The predicted molar refractivity (Wildman–Crippen MR) is 52.8 cm³/mol. The molecule has 2 amide bonds. The van der Waals surface area contributed by atoms with Gasteiger partial charge in [0.15, 0.2) is 0 Å². The molecule has 6 nitrogen and oxygen atoms in total. The summed E-state index contributed by atoms with van der Waals surface area (Å²) in [6, 6.07) is -0.502. The van der Waals surface area contributed by atoms with Gasteiger partial charge in [0.25, 0.3) is 0 Å². The highest BCUT2D eigenvalue weighted by Crippen LogP contribution is 2.06. The zero-order valence-corrected chi connectivity index (χ0v) is 8.23. The van der Waals surface area contributed by atoms with E-state index in [9.17, 15) is 4.79 Å². The Bertz CT molecular complexity index is 271. The molecule has 1 rings (SSSR count). The fraction of sp³-hybridized carbons (Fsp3) is 0.625.